The third kappa shape index (κ3) is 3.43. The van der Waals surface area contributed by atoms with Crippen LogP contribution in [-0.2, 0) is 4.74 Å². The predicted octanol–water partition coefficient (Wildman–Crippen LogP) is 2.77. The topological polar surface area (TPSA) is 59.7 Å². The molecule has 24 heavy (non-hydrogen) atoms. The van der Waals surface area contributed by atoms with Crippen LogP contribution in [0.3, 0.4) is 0 Å². The first kappa shape index (κ1) is 16.9. The Morgan fingerprint density at radius 3 is 2.96 bits per heavy atom. The number of carbonyl (C=O) groups is 1. The van der Waals surface area contributed by atoms with Crippen LogP contribution in [0.15, 0.2) is 12.1 Å². The summed E-state index contributed by atoms with van der Waals surface area (Å²) in [6.07, 6.45) is 5.29. The van der Waals surface area contributed by atoms with Crippen LogP contribution in [0.25, 0.3) is 5.65 Å². The molecule has 1 unspecified atom stereocenters. The zero-order chi connectivity index (χ0) is 17.1. The first-order valence-corrected chi connectivity index (χ1v) is 8.74. The Morgan fingerprint density at radius 1 is 1.33 bits per heavy atom. The molecule has 3 heterocycles. The first-order valence-electron chi connectivity index (χ1n) is 8.74. The summed E-state index contributed by atoms with van der Waals surface area (Å²) in [7, 11) is 1.72. The molecular weight excluding hydrogens is 304 g/mol. The molecule has 0 saturated carbocycles. The van der Waals surface area contributed by atoms with Gasteiger partial charge in [0.15, 0.2) is 11.3 Å². The van der Waals surface area contributed by atoms with Gasteiger partial charge >= 0.3 is 0 Å². The van der Waals surface area contributed by atoms with Gasteiger partial charge in [0.1, 0.15) is 0 Å². The van der Waals surface area contributed by atoms with E-state index in [1.54, 1.807) is 11.6 Å². The maximum atomic E-state index is 13.0. The Morgan fingerprint density at radius 2 is 2.17 bits per heavy atom. The molecule has 1 amide bonds. The van der Waals surface area contributed by atoms with Crippen molar-refractivity contribution in [1.29, 1.82) is 0 Å². The van der Waals surface area contributed by atoms with Crippen molar-refractivity contribution in [2.75, 3.05) is 20.3 Å². The van der Waals surface area contributed by atoms with Crippen molar-refractivity contribution in [3.05, 3.63) is 29.2 Å². The van der Waals surface area contributed by atoms with Crippen LogP contribution in [0, 0.1) is 13.8 Å². The zero-order valence-corrected chi connectivity index (χ0v) is 14.8. The highest BCUT2D eigenvalue weighted by Gasteiger charge is 2.28. The van der Waals surface area contributed by atoms with E-state index in [1.807, 2.05) is 30.9 Å². The Balaban J connectivity index is 1.82. The van der Waals surface area contributed by atoms with Crippen molar-refractivity contribution < 1.29 is 9.53 Å². The van der Waals surface area contributed by atoms with Crippen LogP contribution in [0.4, 0.5) is 0 Å². The maximum Gasteiger partial charge on any atom is 0.274 e. The highest BCUT2D eigenvalue weighted by atomic mass is 16.5. The molecule has 130 valence electrons. The second kappa shape index (κ2) is 7.30. The minimum Gasteiger partial charge on any atom is -0.385 e. The third-order valence-corrected chi connectivity index (χ3v) is 4.73. The molecule has 0 radical (unpaired) electrons. The van der Waals surface area contributed by atoms with Crippen molar-refractivity contribution in [3.63, 3.8) is 0 Å². The molecule has 1 aliphatic rings. The summed E-state index contributed by atoms with van der Waals surface area (Å²) in [5, 5.41) is 4.50. The number of fused-ring (bicyclic) bond motifs is 1. The Bertz CT molecular complexity index is 725. The van der Waals surface area contributed by atoms with E-state index in [9.17, 15) is 4.79 Å². The van der Waals surface area contributed by atoms with Crippen molar-refractivity contribution in [3.8, 4) is 0 Å². The molecule has 6 heteroatoms. The van der Waals surface area contributed by atoms with Gasteiger partial charge in [-0.2, -0.15) is 5.10 Å². The highest BCUT2D eigenvalue weighted by molar-refractivity contribution is 5.93. The summed E-state index contributed by atoms with van der Waals surface area (Å²) in [6.45, 7) is 5.50. The second-order valence-electron chi connectivity index (χ2n) is 6.62. The van der Waals surface area contributed by atoms with E-state index in [1.165, 1.54) is 6.42 Å². The van der Waals surface area contributed by atoms with Gasteiger partial charge in [0.25, 0.3) is 5.91 Å². The van der Waals surface area contributed by atoms with Gasteiger partial charge < -0.3 is 9.64 Å². The smallest absolute Gasteiger partial charge is 0.274 e. The fourth-order valence-corrected chi connectivity index (χ4v) is 3.57. The van der Waals surface area contributed by atoms with E-state index >= 15 is 0 Å². The molecule has 0 bridgehead atoms. The second-order valence-corrected chi connectivity index (χ2v) is 6.62. The number of piperidine rings is 1. The minimum absolute atomic E-state index is 0.0275. The molecule has 3 rings (SSSR count). The van der Waals surface area contributed by atoms with Gasteiger partial charge in [0.2, 0.25) is 0 Å². The Kier molecular flexibility index (Phi) is 5.14. The number of likely N-dealkylation sites (tertiary alicyclic amines) is 1. The van der Waals surface area contributed by atoms with Crippen LogP contribution in [0.5, 0.6) is 0 Å². The van der Waals surface area contributed by atoms with Crippen molar-refractivity contribution in [2.24, 2.45) is 0 Å². The molecule has 1 fully saturated rings. The SMILES string of the molecule is COCCCC1CCCCN1C(=O)c1cc2nc(C)cc(C)n2n1. The molecule has 1 atom stereocenters. The Labute approximate surface area is 142 Å². The number of nitrogens with zero attached hydrogens (tertiary/aromatic N) is 4. The number of carbonyl (C=O) groups excluding carboxylic acids is 1. The van der Waals surface area contributed by atoms with Crippen LogP contribution < -0.4 is 0 Å². The highest BCUT2D eigenvalue weighted by Crippen LogP contribution is 2.23. The molecule has 2 aromatic heterocycles. The van der Waals surface area contributed by atoms with E-state index in [-0.39, 0.29) is 5.91 Å². The van der Waals surface area contributed by atoms with E-state index in [4.69, 9.17) is 4.74 Å². The number of amides is 1. The van der Waals surface area contributed by atoms with E-state index in [2.05, 4.69) is 10.1 Å². The molecule has 2 aromatic rings. The summed E-state index contributed by atoms with van der Waals surface area (Å²) in [5.41, 5.74) is 3.17. The quantitative estimate of drug-likeness (QED) is 0.791. The van der Waals surface area contributed by atoms with Gasteiger partial charge in [-0.25, -0.2) is 9.50 Å². The maximum absolute atomic E-state index is 13.0. The summed E-state index contributed by atoms with van der Waals surface area (Å²) in [5.74, 6) is 0.0275. The van der Waals surface area contributed by atoms with Crippen LogP contribution >= 0.6 is 0 Å². The van der Waals surface area contributed by atoms with Gasteiger partial charge in [0.05, 0.1) is 0 Å². The average molecular weight is 330 g/mol. The van der Waals surface area contributed by atoms with Crippen molar-refractivity contribution in [1.82, 2.24) is 19.5 Å². The standard InChI is InChI=1S/C18H26N4O2/c1-13-11-14(2)22-17(19-13)12-16(20-22)18(23)21-9-5-4-7-15(21)8-6-10-24-3/h11-12,15H,4-10H2,1-3H3. The molecule has 0 aromatic carbocycles. The lowest BCUT2D eigenvalue weighted by atomic mass is 9.97. The van der Waals surface area contributed by atoms with Crippen molar-refractivity contribution >= 4 is 11.6 Å². The normalized spacial score (nSPS) is 18.3. The lowest BCUT2D eigenvalue weighted by Gasteiger charge is -2.35. The largest absolute Gasteiger partial charge is 0.385 e. The number of aryl methyl sites for hydroxylation is 2. The monoisotopic (exact) mass is 330 g/mol. The molecule has 0 aliphatic carbocycles. The molecule has 6 nitrogen and oxygen atoms in total. The lowest BCUT2D eigenvalue weighted by Crippen LogP contribution is -2.44. The molecule has 0 N–H and O–H groups in total. The predicted molar refractivity (Wildman–Crippen MR) is 92.2 cm³/mol. The van der Waals surface area contributed by atoms with Crippen LogP contribution in [0.2, 0.25) is 0 Å². The fraction of sp³-hybridized carbons (Fsp3) is 0.611. The summed E-state index contributed by atoms with van der Waals surface area (Å²) in [6, 6.07) is 4.08. The first-order chi connectivity index (χ1) is 11.6. The number of hydrogen-bond donors (Lipinski definition) is 0. The van der Waals surface area contributed by atoms with Crippen LogP contribution in [0.1, 0.15) is 54.0 Å². The fourth-order valence-electron chi connectivity index (χ4n) is 3.57. The average Bonchev–Trinajstić information content (AvgIpc) is 2.99. The summed E-state index contributed by atoms with van der Waals surface area (Å²) < 4.78 is 6.90. The number of ether oxygens (including phenoxy) is 1. The molecular formula is C18H26N4O2. The van der Waals surface area contributed by atoms with Gasteiger partial charge in [-0.15, -0.1) is 0 Å². The van der Waals surface area contributed by atoms with E-state index in [0.29, 0.717) is 11.7 Å². The summed E-state index contributed by atoms with van der Waals surface area (Å²) >= 11 is 0. The molecule has 0 spiro atoms. The lowest BCUT2D eigenvalue weighted by molar-refractivity contribution is 0.0578. The van der Waals surface area contributed by atoms with Gasteiger partial charge in [0, 0.05) is 43.8 Å². The zero-order valence-electron chi connectivity index (χ0n) is 14.8. The molecule has 1 aliphatic heterocycles. The van der Waals surface area contributed by atoms with Gasteiger partial charge in [-0.05, 0) is 52.0 Å². The number of methoxy groups -OCH3 is 1. The van der Waals surface area contributed by atoms with Crippen molar-refractivity contribution in [2.45, 2.75) is 52.0 Å². The minimum atomic E-state index is 0.0275. The van der Waals surface area contributed by atoms with E-state index in [0.717, 1.165) is 55.9 Å². The van der Waals surface area contributed by atoms with E-state index < -0.39 is 0 Å². The number of hydrogen-bond acceptors (Lipinski definition) is 4. The third-order valence-electron chi connectivity index (χ3n) is 4.73. The van der Waals surface area contributed by atoms with Gasteiger partial charge in [-0.1, -0.05) is 0 Å². The molecule has 1 saturated heterocycles. The number of aromatic nitrogens is 3. The van der Waals surface area contributed by atoms with Gasteiger partial charge in [-0.3, -0.25) is 4.79 Å². The van der Waals surface area contributed by atoms with Crippen LogP contribution in [-0.4, -0.2) is 51.7 Å². The summed E-state index contributed by atoms with van der Waals surface area (Å²) in [4.78, 5) is 19.5. The number of rotatable bonds is 5. The Hall–Kier alpha value is -1.95.